The van der Waals surface area contributed by atoms with E-state index in [1.165, 1.54) is 24.8 Å². The number of amides is 2. The lowest BCUT2D eigenvalue weighted by molar-refractivity contribution is -0.385. The minimum absolute atomic E-state index is 0.0651. The predicted octanol–water partition coefficient (Wildman–Crippen LogP) is 2.53. The third-order valence-corrected chi connectivity index (χ3v) is 4.75. The summed E-state index contributed by atoms with van der Waals surface area (Å²) >= 11 is 0. The number of fused-ring (bicyclic) bond motifs is 1. The number of nitro groups is 1. The Morgan fingerprint density at radius 3 is 2.79 bits per heavy atom. The summed E-state index contributed by atoms with van der Waals surface area (Å²) in [5, 5.41) is 16.5. The second kappa shape index (κ2) is 8.51. The number of hydrogen-bond acceptors (Lipinski definition) is 5. The molecule has 0 radical (unpaired) electrons. The van der Waals surface area contributed by atoms with E-state index in [-0.39, 0.29) is 35.5 Å². The van der Waals surface area contributed by atoms with Crippen LogP contribution in [0.15, 0.2) is 42.5 Å². The molecule has 8 heteroatoms. The zero-order chi connectivity index (χ0) is 20.1. The van der Waals surface area contributed by atoms with Gasteiger partial charge in [-0.15, -0.1) is 0 Å². The van der Waals surface area contributed by atoms with Gasteiger partial charge in [-0.25, -0.2) is 0 Å². The molecule has 1 atom stereocenters. The normalized spacial score (nSPS) is 15.2. The highest BCUT2D eigenvalue weighted by molar-refractivity contribution is 5.97. The second-order valence-electron chi connectivity index (χ2n) is 6.54. The minimum Gasteiger partial charge on any atom is -0.490 e. The van der Waals surface area contributed by atoms with E-state index in [1.54, 1.807) is 0 Å². The van der Waals surface area contributed by atoms with E-state index in [0.29, 0.717) is 0 Å². The fourth-order valence-corrected chi connectivity index (χ4v) is 3.39. The summed E-state index contributed by atoms with van der Waals surface area (Å²) < 4.78 is 4.92. The van der Waals surface area contributed by atoms with Crippen molar-refractivity contribution in [2.75, 3.05) is 13.7 Å². The first-order valence-corrected chi connectivity index (χ1v) is 8.97. The molecule has 28 heavy (non-hydrogen) atoms. The number of aryl methyl sites for hydroxylation is 1. The van der Waals surface area contributed by atoms with E-state index in [0.717, 1.165) is 30.9 Å². The molecule has 2 aromatic rings. The quantitative estimate of drug-likeness (QED) is 0.588. The summed E-state index contributed by atoms with van der Waals surface area (Å²) in [5.41, 5.74) is 2.12. The van der Waals surface area contributed by atoms with E-state index >= 15 is 0 Å². The highest BCUT2D eigenvalue weighted by Crippen LogP contribution is 2.29. The first kappa shape index (κ1) is 19.3. The summed E-state index contributed by atoms with van der Waals surface area (Å²) in [6.07, 6.45) is 2.83. The lowest BCUT2D eigenvalue weighted by Gasteiger charge is -2.26. The smallest absolute Gasteiger partial charge is 0.311 e. The standard InChI is InChI=1S/C20H21N3O5/c1-28-18-10-9-14(11-17(18)23(26)27)20(25)21-12-19(24)22-16-8-4-6-13-5-2-3-7-15(13)16/h2-3,5,7,9-11,16H,4,6,8,12H2,1H3,(H,21,25)(H,22,24)/t16-/m1/s1. The largest absolute Gasteiger partial charge is 0.490 e. The molecular weight excluding hydrogens is 362 g/mol. The molecule has 8 nitrogen and oxygen atoms in total. The topological polar surface area (TPSA) is 111 Å². The molecule has 0 aliphatic heterocycles. The minimum atomic E-state index is -0.622. The SMILES string of the molecule is COc1ccc(C(=O)NCC(=O)N[C@@H]2CCCc3ccccc32)cc1[N+](=O)[O-]. The van der Waals surface area contributed by atoms with Crippen LogP contribution < -0.4 is 15.4 Å². The zero-order valence-electron chi connectivity index (χ0n) is 15.4. The molecule has 0 saturated carbocycles. The number of carbonyl (C=O) groups is 2. The molecule has 0 heterocycles. The molecule has 0 unspecified atom stereocenters. The number of nitrogens with zero attached hydrogens (tertiary/aromatic N) is 1. The number of hydrogen-bond donors (Lipinski definition) is 2. The van der Waals surface area contributed by atoms with Gasteiger partial charge in [0.25, 0.3) is 5.91 Å². The average molecular weight is 383 g/mol. The number of benzene rings is 2. The lowest BCUT2D eigenvalue weighted by atomic mass is 9.88. The molecule has 2 aromatic carbocycles. The van der Waals surface area contributed by atoms with Crippen molar-refractivity contribution in [3.8, 4) is 5.75 Å². The summed E-state index contributed by atoms with van der Waals surface area (Å²) in [6.45, 7) is -0.211. The third kappa shape index (κ3) is 4.28. The van der Waals surface area contributed by atoms with Gasteiger partial charge in [0.15, 0.2) is 5.75 Å². The maximum absolute atomic E-state index is 12.3. The van der Waals surface area contributed by atoms with Gasteiger partial charge in [-0.3, -0.25) is 19.7 Å². The van der Waals surface area contributed by atoms with Gasteiger partial charge in [0, 0.05) is 11.6 Å². The molecule has 0 saturated heterocycles. The van der Waals surface area contributed by atoms with Crippen LogP contribution in [0.2, 0.25) is 0 Å². The van der Waals surface area contributed by atoms with Crippen molar-refractivity contribution in [3.63, 3.8) is 0 Å². The Morgan fingerprint density at radius 1 is 1.25 bits per heavy atom. The van der Waals surface area contributed by atoms with E-state index in [4.69, 9.17) is 4.74 Å². The molecular formula is C20H21N3O5. The summed E-state index contributed by atoms with van der Waals surface area (Å²) in [4.78, 5) is 35.0. The Labute approximate surface area is 162 Å². The van der Waals surface area contributed by atoms with Crippen LogP contribution in [0.3, 0.4) is 0 Å². The van der Waals surface area contributed by atoms with Crippen LogP contribution in [-0.4, -0.2) is 30.4 Å². The number of nitrogens with one attached hydrogen (secondary N) is 2. The van der Waals surface area contributed by atoms with Crippen LogP contribution >= 0.6 is 0 Å². The molecule has 146 valence electrons. The maximum atomic E-state index is 12.3. The van der Waals surface area contributed by atoms with Crippen LogP contribution in [0, 0.1) is 10.1 Å². The van der Waals surface area contributed by atoms with Crippen LogP contribution in [-0.2, 0) is 11.2 Å². The molecule has 0 spiro atoms. The summed E-state index contributed by atoms with van der Waals surface area (Å²) in [7, 11) is 1.32. The molecule has 3 rings (SSSR count). The monoisotopic (exact) mass is 383 g/mol. The number of carbonyl (C=O) groups excluding carboxylic acids is 2. The van der Waals surface area contributed by atoms with Gasteiger partial charge in [-0.05, 0) is 42.5 Å². The first-order chi connectivity index (χ1) is 13.5. The van der Waals surface area contributed by atoms with Crippen molar-refractivity contribution < 1.29 is 19.2 Å². The number of nitro benzene ring substituents is 1. The average Bonchev–Trinajstić information content (AvgIpc) is 2.71. The van der Waals surface area contributed by atoms with Crippen molar-refractivity contribution in [3.05, 3.63) is 69.3 Å². The summed E-state index contributed by atoms with van der Waals surface area (Å²) in [5.74, 6) is -0.807. The molecule has 1 aliphatic carbocycles. The van der Waals surface area contributed by atoms with Crippen LogP contribution in [0.5, 0.6) is 5.75 Å². The molecule has 0 aromatic heterocycles. The Hall–Kier alpha value is -3.42. The van der Waals surface area contributed by atoms with E-state index in [1.807, 2.05) is 18.2 Å². The molecule has 0 bridgehead atoms. The fraction of sp³-hybridized carbons (Fsp3) is 0.300. The third-order valence-electron chi connectivity index (χ3n) is 4.75. The van der Waals surface area contributed by atoms with Gasteiger partial charge in [-0.1, -0.05) is 24.3 Å². The van der Waals surface area contributed by atoms with Crippen molar-refractivity contribution in [1.29, 1.82) is 0 Å². The van der Waals surface area contributed by atoms with Gasteiger partial charge < -0.3 is 15.4 Å². The van der Waals surface area contributed by atoms with E-state index < -0.39 is 10.8 Å². The maximum Gasteiger partial charge on any atom is 0.311 e. The Balaban J connectivity index is 1.60. The predicted molar refractivity (Wildman–Crippen MR) is 102 cm³/mol. The van der Waals surface area contributed by atoms with Gasteiger partial charge in [0.2, 0.25) is 5.91 Å². The van der Waals surface area contributed by atoms with Gasteiger partial charge in [0.1, 0.15) is 0 Å². The molecule has 1 aliphatic rings. The number of rotatable bonds is 6. The van der Waals surface area contributed by atoms with Crippen molar-refractivity contribution in [2.45, 2.75) is 25.3 Å². The van der Waals surface area contributed by atoms with Gasteiger partial charge in [-0.2, -0.15) is 0 Å². The van der Waals surface area contributed by atoms with Crippen molar-refractivity contribution in [1.82, 2.24) is 10.6 Å². The van der Waals surface area contributed by atoms with Crippen LogP contribution in [0.1, 0.15) is 40.4 Å². The van der Waals surface area contributed by atoms with Crippen LogP contribution in [0.4, 0.5) is 5.69 Å². The Morgan fingerprint density at radius 2 is 2.04 bits per heavy atom. The first-order valence-electron chi connectivity index (χ1n) is 8.97. The van der Waals surface area contributed by atoms with Gasteiger partial charge >= 0.3 is 5.69 Å². The highest BCUT2D eigenvalue weighted by atomic mass is 16.6. The highest BCUT2D eigenvalue weighted by Gasteiger charge is 2.22. The second-order valence-corrected chi connectivity index (χ2v) is 6.54. The lowest BCUT2D eigenvalue weighted by Crippen LogP contribution is -2.39. The molecule has 2 amide bonds. The summed E-state index contributed by atoms with van der Waals surface area (Å²) in [6, 6.07) is 11.8. The van der Waals surface area contributed by atoms with Gasteiger partial charge in [0.05, 0.1) is 24.6 Å². The molecule has 2 N–H and O–H groups in total. The fourth-order valence-electron chi connectivity index (χ4n) is 3.39. The Kier molecular flexibility index (Phi) is 5.88. The van der Waals surface area contributed by atoms with E-state index in [9.17, 15) is 19.7 Å². The zero-order valence-corrected chi connectivity index (χ0v) is 15.4. The number of methoxy groups -OCH3 is 1. The molecule has 0 fully saturated rings. The van der Waals surface area contributed by atoms with Crippen molar-refractivity contribution in [2.24, 2.45) is 0 Å². The number of ether oxygens (including phenoxy) is 1. The van der Waals surface area contributed by atoms with Crippen molar-refractivity contribution >= 4 is 17.5 Å². The van der Waals surface area contributed by atoms with Crippen LogP contribution in [0.25, 0.3) is 0 Å². The van der Waals surface area contributed by atoms with E-state index in [2.05, 4.69) is 16.7 Å². The Bertz CT molecular complexity index is 912.